The molecule has 98 valence electrons. The molecule has 0 saturated heterocycles. The number of hydrogen-bond donors (Lipinski definition) is 3. The number of fused-ring (bicyclic) bond motifs is 1. The quantitative estimate of drug-likeness (QED) is 0.735. The minimum Gasteiger partial charge on any atom is -0.508 e. The molecule has 0 fully saturated rings. The van der Waals surface area contributed by atoms with Gasteiger partial charge in [0.25, 0.3) is 0 Å². The maximum Gasteiger partial charge on any atom is 0.130 e. The summed E-state index contributed by atoms with van der Waals surface area (Å²) in [6.07, 6.45) is 1.21. The second-order valence-corrected chi connectivity index (χ2v) is 4.68. The lowest BCUT2D eigenvalue weighted by molar-refractivity contribution is 0.173. The van der Waals surface area contributed by atoms with Gasteiger partial charge in [0.1, 0.15) is 29.1 Å². The lowest BCUT2D eigenvalue weighted by Gasteiger charge is -2.27. The zero-order valence-corrected chi connectivity index (χ0v) is 10.2. The Kier molecular flexibility index (Phi) is 2.71. The van der Waals surface area contributed by atoms with E-state index in [1.165, 1.54) is 12.1 Å². The first-order chi connectivity index (χ1) is 9.13. The Bertz CT molecular complexity index is 622. The molecule has 3 N–H and O–H groups in total. The summed E-state index contributed by atoms with van der Waals surface area (Å²) in [6, 6.07) is 9.75. The van der Waals surface area contributed by atoms with Crippen LogP contribution in [0.2, 0.25) is 0 Å². The lowest BCUT2D eigenvalue weighted by Crippen LogP contribution is -2.15. The van der Waals surface area contributed by atoms with Crippen LogP contribution in [0.1, 0.15) is 23.7 Å². The summed E-state index contributed by atoms with van der Waals surface area (Å²) in [6.45, 7) is 0. The van der Waals surface area contributed by atoms with Crippen molar-refractivity contribution < 1.29 is 20.1 Å². The third-order valence-corrected chi connectivity index (χ3v) is 3.34. The molecule has 0 radical (unpaired) electrons. The van der Waals surface area contributed by atoms with E-state index in [1.807, 2.05) is 6.07 Å². The average Bonchev–Trinajstić information content (AvgIpc) is 2.37. The maximum atomic E-state index is 9.76. The number of ether oxygens (including phenoxy) is 1. The van der Waals surface area contributed by atoms with Gasteiger partial charge in [0.05, 0.1) is 0 Å². The van der Waals surface area contributed by atoms with Crippen molar-refractivity contribution in [2.24, 2.45) is 0 Å². The molecule has 19 heavy (non-hydrogen) atoms. The van der Waals surface area contributed by atoms with Crippen molar-refractivity contribution >= 4 is 0 Å². The SMILES string of the molecule is Oc1cccc(C2CCc3c(O)cc(O)cc3O2)c1. The largest absolute Gasteiger partial charge is 0.508 e. The number of hydrogen-bond acceptors (Lipinski definition) is 4. The summed E-state index contributed by atoms with van der Waals surface area (Å²) in [4.78, 5) is 0. The highest BCUT2D eigenvalue weighted by Gasteiger charge is 2.24. The van der Waals surface area contributed by atoms with Crippen LogP contribution in [0.4, 0.5) is 0 Å². The van der Waals surface area contributed by atoms with Crippen LogP contribution < -0.4 is 4.74 Å². The minimum atomic E-state index is -0.180. The van der Waals surface area contributed by atoms with Gasteiger partial charge in [-0.1, -0.05) is 12.1 Å². The molecule has 0 amide bonds. The molecular weight excluding hydrogens is 244 g/mol. The van der Waals surface area contributed by atoms with Gasteiger partial charge in [0, 0.05) is 17.7 Å². The first-order valence-corrected chi connectivity index (χ1v) is 6.14. The van der Waals surface area contributed by atoms with Crippen molar-refractivity contribution in [2.75, 3.05) is 0 Å². The fourth-order valence-corrected chi connectivity index (χ4v) is 2.42. The molecule has 0 spiro atoms. The summed E-state index contributed by atoms with van der Waals surface area (Å²) in [5, 5.41) is 28.7. The van der Waals surface area contributed by atoms with Gasteiger partial charge in [-0.05, 0) is 30.5 Å². The molecule has 0 saturated carbocycles. The van der Waals surface area contributed by atoms with E-state index in [9.17, 15) is 15.3 Å². The Labute approximate surface area is 110 Å². The fourth-order valence-electron chi connectivity index (χ4n) is 2.42. The second kappa shape index (κ2) is 4.39. The van der Waals surface area contributed by atoms with Crippen LogP contribution in [-0.4, -0.2) is 15.3 Å². The Morgan fingerprint density at radius 1 is 1.00 bits per heavy atom. The molecule has 3 rings (SSSR count). The Morgan fingerprint density at radius 3 is 2.63 bits per heavy atom. The molecule has 0 aromatic heterocycles. The summed E-state index contributed by atoms with van der Waals surface area (Å²) in [5.41, 5.74) is 1.60. The molecule has 4 nitrogen and oxygen atoms in total. The van der Waals surface area contributed by atoms with Crippen molar-refractivity contribution in [2.45, 2.75) is 18.9 Å². The average molecular weight is 258 g/mol. The molecule has 1 unspecified atom stereocenters. The zero-order valence-electron chi connectivity index (χ0n) is 10.2. The van der Waals surface area contributed by atoms with E-state index in [-0.39, 0.29) is 23.4 Å². The first kappa shape index (κ1) is 11.7. The molecule has 1 aliphatic heterocycles. The fraction of sp³-hybridized carbons (Fsp3) is 0.200. The number of phenols is 3. The highest BCUT2D eigenvalue weighted by atomic mass is 16.5. The van der Waals surface area contributed by atoms with E-state index in [0.29, 0.717) is 17.7 Å². The third kappa shape index (κ3) is 2.17. The number of phenolic OH excluding ortho intramolecular Hbond substituents is 3. The minimum absolute atomic E-state index is 0.0205. The molecule has 1 aliphatic rings. The van der Waals surface area contributed by atoms with E-state index in [4.69, 9.17) is 4.74 Å². The van der Waals surface area contributed by atoms with E-state index < -0.39 is 0 Å². The Hall–Kier alpha value is -2.36. The molecule has 1 heterocycles. The van der Waals surface area contributed by atoms with Crippen LogP contribution in [0.15, 0.2) is 36.4 Å². The summed E-state index contributed by atoms with van der Waals surface area (Å²) >= 11 is 0. The highest BCUT2D eigenvalue weighted by Crippen LogP contribution is 2.41. The summed E-state index contributed by atoms with van der Waals surface area (Å²) in [5.74, 6) is 0.736. The maximum absolute atomic E-state index is 9.76. The number of aromatic hydroxyl groups is 3. The molecule has 2 aromatic rings. The highest BCUT2D eigenvalue weighted by molar-refractivity contribution is 5.51. The number of rotatable bonds is 1. The van der Waals surface area contributed by atoms with E-state index in [0.717, 1.165) is 12.0 Å². The van der Waals surface area contributed by atoms with Crippen LogP contribution in [-0.2, 0) is 6.42 Å². The molecular formula is C15H14O4. The lowest BCUT2D eigenvalue weighted by atomic mass is 9.96. The van der Waals surface area contributed by atoms with Crippen molar-refractivity contribution in [3.05, 3.63) is 47.5 Å². The van der Waals surface area contributed by atoms with Crippen LogP contribution >= 0.6 is 0 Å². The molecule has 4 heteroatoms. The standard InChI is InChI=1S/C15H14O4/c16-10-3-1-2-9(6-10)14-5-4-12-13(18)7-11(17)8-15(12)19-14/h1-3,6-8,14,16-18H,4-5H2. The molecule has 0 aliphatic carbocycles. The van der Waals surface area contributed by atoms with Crippen molar-refractivity contribution in [3.63, 3.8) is 0 Å². The monoisotopic (exact) mass is 258 g/mol. The number of benzene rings is 2. The first-order valence-electron chi connectivity index (χ1n) is 6.14. The molecule has 1 atom stereocenters. The Morgan fingerprint density at radius 2 is 1.84 bits per heavy atom. The smallest absolute Gasteiger partial charge is 0.130 e. The van der Waals surface area contributed by atoms with Gasteiger partial charge in [-0.3, -0.25) is 0 Å². The summed E-state index contributed by atoms with van der Waals surface area (Å²) in [7, 11) is 0. The predicted molar refractivity (Wildman–Crippen MR) is 69.6 cm³/mol. The van der Waals surface area contributed by atoms with Crippen LogP contribution in [0.3, 0.4) is 0 Å². The van der Waals surface area contributed by atoms with Crippen molar-refractivity contribution in [1.82, 2.24) is 0 Å². The van der Waals surface area contributed by atoms with E-state index >= 15 is 0 Å². The van der Waals surface area contributed by atoms with Crippen LogP contribution in [0, 0.1) is 0 Å². The Balaban J connectivity index is 1.94. The molecule has 0 bridgehead atoms. The van der Waals surface area contributed by atoms with Gasteiger partial charge >= 0.3 is 0 Å². The van der Waals surface area contributed by atoms with Crippen molar-refractivity contribution in [1.29, 1.82) is 0 Å². The van der Waals surface area contributed by atoms with Gasteiger partial charge in [0.2, 0.25) is 0 Å². The zero-order chi connectivity index (χ0) is 13.4. The molecule has 2 aromatic carbocycles. The van der Waals surface area contributed by atoms with Gasteiger partial charge in [0.15, 0.2) is 0 Å². The van der Waals surface area contributed by atoms with Gasteiger partial charge in [-0.2, -0.15) is 0 Å². The van der Waals surface area contributed by atoms with E-state index in [2.05, 4.69) is 0 Å². The van der Waals surface area contributed by atoms with Crippen molar-refractivity contribution in [3.8, 4) is 23.0 Å². The van der Waals surface area contributed by atoms with E-state index in [1.54, 1.807) is 18.2 Å². The van der Waals surface area contributed by atoms with Crippen LogP contribution in [0.25, 0.3) is 0 Å². The third-order valence-electron chi connectivity index (χ3n) is 3.34. The van der Waals surface area contributed by atoms with Gasteiger partial charge in [-0.15, -0.1) is 0 Å². The topological polar surface area (TPSA) is 69.9 Å². The van der Waals surface area contributed by atoms with Gasteiger partial charge in [-0.25, -0.2) is 0 Å². The second-order valence-electron chi connectivity index (χ2n) is 4.68. The van der Waals surface area contributed by atoms with Gasteiger partial charge < -0.3 is 20.1 Å². The predicted octanol–water partition coefficient (Wildman–Crippen LogP) is 2.87. The normalized spacial score (nSPS) is 17.6. The summed E-state index contributed by atoms with van der Waals surface area (Å²) < 4.78 is 5.80. The van der Waals surface area contributed by atoms with Crippen LogP contribution in [0.5, 0.6) is 23.0 Å².